The Bertz CT molecular complexity index is 237. The van der Waals surface area contributed by atoms with E-state index in [2.05, 4.69) is 2.84 Å². The number of hydrogen-bond acceptors (Lipinski definition) is 7. The van der Waals surface area contributed by atoms with E-state index in [4.69, 9.17) is 0 Å². The minimum Gasteiger partial charge on any atom is 2.00 e. The monoisotopic (exact) mass is 304 g/mol. The molecule has 0 radical (unpaired) electrons. The second-order valence-electron chi connectivity index (χ2n) is 0.885. The van der Waals surface area contributed by atoms with Crippen LogP contribution < -0.4 is 8.32 Å². The van der Waals surface area contributed by atoms with Gasteiger partial charge in [-0.1, -0.05) is 0 Å². The summed E-state index contributed by atoms with van der Waals surface area (Å²) in [5.41, 5.74) is 0. The minimum absolute atomic E-state index is 0. The fraction of sp³-hybridized carbons (Fsp3) is 0. The Balaban J connectivity index is 0. The molecule has 7 nitrogen and oxygen atoms in total. The van der Waals surface area contributed by atoms with E-state index < -0.39 is 27.2 Å². The number of rotatable bonds is 2. The zero-order valence-corrected chi connectivity index (χ0v) is 10.4. The summed E-state index contributed by atoms with van der Waals surface area (Å²) in [7, 11) is 0. The molecule has 0 aromatic heterocycles. The third kappa shape index (κ3) is 12.3. The van der Waals surface area contributed by atoms with E-state index in [1.807, 2.05) is 0 Å². The molecule has 0 saturated carbocycles. The Morgan fingerprint density at radius 1 is 0.900 bits per heavy atom. The quantitative estimate of drug-likeness (QED) is 0.489. The molecule has 10 heteroatoms. The molecular formula is Cr2O7Sr. The number of hydrogen-bond donors (Lipinski definition) is 0. The van der Waals surface area contributed by atoms with Gasteiger partial charge in [-0.25, -0.2) is 0 Å². The van der Waals surface area contributed by atoms with Gasteiger partial charge in [0.05, 0.1) is 0 Å². The van der Waals surface area contributed by atoms with Crippen molar-refractivity contribution in [2.75, 3.05) is 0 Å². The Morgan fingerprint density at radius 2 is 1.10 bits per heavy atom. The van der Waals surface area contributed by atoms with Gasteiger partial charge in [0.2, 0.25) is 0 Å². The van der Waals surface area contributed by atoms with E-state index in [0.717, 1.165) is 0 Å². The summed E-state index contributed by atoms with van der Waals surface area (Å²) in [6.45, 7) is 0. The maximum Gasteiger partial charge on any atom is 2.00 e. The van der Waals surface area contributed by atoms with Gasteiger partial charge in [-0.15, -0.1) is 0 Å². The first kappa shape index (κ1) is 14.2. The summed E-state index contributed by atoms with van der Waals surface area (Å²) in [5, 5.41) is 0. The van der Waals surface area contributed by atoms with E-state index in [-0.39, 0.29) is 45.5 Å². The molecule has 10 heavy (non-hydrogen) atoms. The molecule has 0 rings (SSSR count). The van der Waals surface area contributed by atoms with Crippen LogP contribution in [0.4, 0.5) is 0 Å². The maximum atomic E-state index is 9.38. The van der Waals surface area contributed by atoms with E-state index in [1.54, 1.807) is 0 Å². The van der Waals surface area contributed by atoms with Crippen molar-refractivity contribution in [1.29, 1.82) is 0 Å². The first-order valence-corrected chi connectivity index (χ1v) is 5.50. The van der Waals surface area contributed by atoms with E-state index in [0.29, 0.717) is 0 Å². The van der Waals surface area contributed by atoms with Crippen LogP contribution in [0.15, 0.2) is 0 Å². The van der Waals surface area contributed by atoms with Crippen LogP contribution in [0, 0.1) is 0 Å². The van der Waals surface area contributed by atoms with Crippen molar-refractivity contribution >= 4 is 45.5 Å². The standard InChI is InChI=1S/2Cr.7O.Sr/q;;;;;;;2*-1;+2. The van der Waals surface area contributed by atoms with E-state index in [1.165, 1.54) is 0 Å². The second-order valence-corrected chi connectivity index (χ2v) is 4.52. The molecule has 0 aliphatic carbocycles. The van der Waals surface area contributed by atoms with Crippen molar-refractivity contribution in [3.8, 4) is 0 Å². The summed E-state index contributed by atoms with van der Waals surface area (Å²) >= 11 is -12.1. The van der Waals surface area contributed by atoms with Gasteiger partial charge >= 0.3 is 99.1 Å². The van der Waals surface area contributed by atoms with Crippen LogP contribution in [0.1, 0.15) is 0 Å². The van der Waals surface area contributed by atoms with Gasteiger partial charge in [-0.05, 0) is 0 Å². The second kappa shape index (κ2) is 4.60. The van der Waals surface area contributed by atoms with Gasteiger partial charge in [-0.2, -0.15) is 0 Å². The van der Waals surface area contributed by atoms with Crippen LogP contribution in [0.25, 0.3) is 0 Å². The first-order valence-electron chi connectivity index (χ1n) is 1.33. The van der Waals surface area contributed by atoms with Gasteiger partial charge in [-0.3, -0.25) is 0 Å². The maximum absolute atomic E-state index is 9.38. The average Bonchev–Trinajstić information content (AvgIpc) is 1.14. The van der Waals surface area contributed by atoms with Gasteiger partial charge in [0.15, 0.2) is 0 Å². The molecule has 0 aromatic carbocycles. The van der Waals surface area contributed by atoms with Gasteiger partial charge in [0.1, 0.15) is 0 Å². The topological polar surface area (TPSA) is 124 Å². The third-order valence-electron chi connectivity index (χ3n) is 0.167. The molecule has 0 amide bonds. The van der Waals surface area contributed by atoms with Crippen molar-refractivity contribution in [3.63, 3.8) is 0 Å². The Labute approximate surface area is 97.4 Å². The molecule has 0 fully saturated rings. The molecule has 0 aromatic rings. The van der Waals surface area contributed by atoms with Crippen LogP contribution in [0.5, 0.6) is 0 Å². The molecule has 0 N–H and O–H groups in total. The predicted octanol–water partition coefficient (Wildman–Crippen LogP) is -3.31. The van der Waals surface area contributed by atoms with Crippen molar-refractivity contribution in [3.05, 3.63) is 0 Å². The summed E-state index contributed by atoms with van der Waals surface area (Å²) in [5.74, 6) is 0. The summed E-state index contributed by atoms with van der Waals surface area (Å²) in [6.07, 6.45) is 0. The zero-order valence-electron chi connectivity index (χ0n) is 4.38. The molecule has 56 valence electrons. The molecule has 0 aliphatic heterocycles. The van der Waals surface area contributed by atoms with Crippen LogP contribution in [0.3, 0.4) is 0 Å². The molecule has 0 saturated heterocycles. The summed E-state index contributed by atoms with van der Waals surface area (Å²) in [6, 6.07) is 0. The molecule has 0 bridgehead atoms. The van der Waals surface area contributed by atoms with Crippen LogP contribution in [-0.4, -0.2) is 45.5 Å². The van der Waals surface area contributed by atoms with Crippen molar-refractivity contribution < 1.29 is 53.6 Å². The Kier molecular flexibility index (Phi) is 6.52. The van der Waals surface area contributed by atoms with Crippen molar-refractivity contribution in [2.45, 2.75) is 0 Å². The fourth-order valence-electron chi connectivity index (χ4n) is 0.102. The van der Waals surface area contributed by atoms with Crippen molar-refractivity contribution in [1.82, 2.24) is 0 Å². The summed E-state index contributed by atoms with van der Waals surface area (Å²) < 4.78 is 58.9. The predicted molar refractivity (Wildman–Crippen MR) is 9.59 cm³/mol. The van der Waals surface area contributed by atoms with Gasteiger partial charge in [0, 0.05) is 0 Å². The molecule has 0 heterocycles. The Hall–Kier alpha value is 1.63. The SMILES string of the molecule is [O]=[Cr](=[O])([O-])[O][Cr](=[O])(=[O])[O-].[Sr+2]. The van der Waals surface area contributed by atoms with Gasteiger partial charge < -0.3 is 0 Å². The summed E-state index contributed by atoms with van der Waals surface area (Å²) in [4.78, 5) is 0. The molecule has 0 spiro atoms. The zero-order chi connectivity index (χ0) is 7.71. The minimum atomic E-state index is -6.07. The fourth-order valence-corrected chi connectivity index (χ4v) is 1.74. The molecule has 0 atom stereocenters. The van der Waals surface area contributed by atoms with E-state index in [9.17, 15) is 23.5 Å². The average molecular weight is 304 g/mol. The van der Waals surface area contributed by atoms with E-state index >= 15 is 0 Å². The Morgan fingerprint density at radius 3 is 1.10 bits per heavy atom. The first-order chi connectivity index (χ1) is 3.71. The van der Waals surface area contributed by atoms with Gasteiger partial charge in [0.25, 0.3) is 0 Å². The normalized spacial score (nSPS) is 12.2. The smallest absolute Gasteiger partial charge is 2.00 e. The van der Waals surface area contributed by atoms with Crippen LogP contribution in [-0.2, 0) is 45.3 Å². The molecular weight excluding hydrogens is 304 g/mol. The van der Waals surface area contributed by atoms with Crippen LogP contribution >= 0.6 is 0 Å². The molecule has 0 unspecified atom stereocenters. The molecule has 0 aliphatic rings. The largest absolute Gasteiger partial charge is 2.00 e. The third-order valence-corrected chi connectivity index (χ3v) is 2.83. The van der Waals surface area contributed by atoms with Crippen LogP contribution in [0.2, 0.25) is 0 Å². The van der Waals surface area contributed by atoms with Crippen molar-refractivity contribution in [2.24, 2.45) is 0 Å².